The molecule has 202 valence electrons. The Morgan fingerprint density at radius 3 is 2.35 bits per heavy atom. The van der Waals surface area contributed by atoms with Crippen LogP contribution < -0.4 is 19.1 Å². The van der Waals surface area contributed by atoms with E-state index in [1.165, 1.54) is 17.9 Å². The van der Waals surface area contributed by atoms with Gasteiger partial charge in [-0.3, -0.25) is 13.9 Å². The predicted molar refractivity (Wildman–Crippen MR) is 144 cm³/mol. The predicted octanol–water partition coefficient (Wildman–Crippen LogP) is 4.21. The molecule has 2 aromatic rings. The number of ether oxygens (including phenoxy) is 2. The summed E-state index contributed by atoms with van der Waals surface area (Å²) in [5.41, 5.74) is 0.715. The zero-order chi connectivity index (χ0) is 27.2. The number of hydrogen-bond acceptors (Lipinski definition) is 6. The first kappa shape index (κ1) is 28.9. The fourth-order valence-corrected chi connectivity index (χ4v) is 5.47. The van der Waals surface area contributed by atoms with Gasteiger partial charge in [0, 0.05) is 34.8 Å². The van der Waals surface area contributed by atoms with Gasteiger partial charge in [0.15, 0.2) is 11.5 Å². The van der Waals surface area contributed by atoms with E-state index in [4.69, 9.17) is 32.7 Å². The van der Waals surface area contributed by atoms with Crippen molar-refractivity contribution < 1.29 is 27.5 Å². The number of nitrogens with zero attached hydrogens (tertiary/aromatic N) is 2. The molecule has 2 aromatic carbocycles. The van der Waals surface area contributed by atoms with E-state index in [1.54, 1.807) is 37.3 Å². The number of sulfonamides is 1. The first-order valence-electron chi connectivity index (χ1n) is 12.0. The molecule has 0 saturated carbocycles. The maximum absolute atomic E-state index is 13.8. The third-order valence-electron chi connectivity index (χ3n) is 5.95. The van der Waals surface area contributed by atoms with Crippen molar-refractivity contribution in [2.75, 3.05) is 29.9 Å². The summed E-state index contributed by atoms with van der Waals surface area (Å²) in [7, 11) is -3.88. The Kier molecular flexibility index (Phi) is 9.92. The lowest BCUT2D eigenvalue weighted by molar-refractivity contribution is -0.140. The molecule has 0 saturated heterocycles. The lowest BCUT2D eigenvalue weighted by Crippen LogP contribution is -2.52. The van der Waals surface area contributed by atoms with Crippen molar-refractivity contribution in [2.24, 2.45) is 0 Å². The van der Waals surface area contributed by atoms with Crippen molar-refractivity contribution in [1.82, 2.24) is 10.2 Å². The molecule has 0 fully saturated rings. The molecule has 1 atom stereocenters. The minimum Gasteiger partial charge on any atom is -0.454 e. The van der Waals surface area contributed by atoms with Crippen LogP contribution in [-0.4, -0.2) is 56.8 Å². The summed E-state index contributed by atoms with van der Waals surface area (Å²) in [6.45, 7) is 5.06. The Morgan fingerprint density at radius 2 is 1.73 bits per heavy atom. The van der Waals surface area contributed by atoms with Crippen molar-refractivity contribution in [2.45, 2.75) is 46.2 Å². The molecular weight excluding hydrogens is 541 g/mol. The summed E-state index contributed by atoms with van der Waals surface area (Å²) in [6.07, 6.45) is 1.02. The highest BCUT2D eigenvalue weighted by Gasteiger charge is 2.33. The van der Waals surface area contributed by atoms with Crippen LogP contribution in [0.3, 0.4) is 0 Å². The zero-order valence-corrected chi connectivity index (χ0v) is 23.3. The fraction of sp³-hybridized carbons (Fsp3) is 0.440. The van der Waals surface area contributed by atoms with Crippen LogP contribution in [0.2, 0.25) is 10.0 Å². The minimum absolute atomic E-state index is 0.0235. The molecule has 9 nitrogen and oxygen atoms in total. The standard InChI is InChI=1S/C25H31Cl2N3O6S/c1-4-12-28-25(32)21(5-2)29(14-18-19(26)8-7-9-20(18)27)24(31)15-30(37(33,34)6-3)17-10-11-22-23(13-17)36-16-35-22/h7-11,13,21H,4-6,12,14-16H2,1-3H3,(H,28,32)/t21-/m1/s1. The molecule has 1 N–H and O–H groups in total. The molecule has 0 aliphatic carbocycles. The molecule has 2 amide bonds. The van der Waals surface area contributed by atoms with Gasteiger partial charge in [-0.05, 0) is 44.0 Å². The summed E-state index contributed by atoms with van der Waals surface area (Å²) < 4.78 is 37.9. The molecule has 37 heavy (non-hydrogen) atoms. The molecular formula is C25H31Cl2N3O6S. The highest BCUT2D eigenvalue weighted by atomic mass is 35.5. The number of anilines is 1. The first-order chi connectivity index (χ1) is 17.6. The van der Waals surface area contributed by atoms with Crippen molar-refractivity contribution in [3.63, 3.8) is 0 Å². The van der Waals surface area contributed by atoms with Gasteiger partial charge in [0.05, 0.1) is 11.4 Å². The van der Waals surface area contributed by atoms with Gasteiger partial charge >= 0.3 is 0 Å². The van der Waals surface area contributed by atoms with Crippen LogP contribution >= 0.6 is 23.2 Å². The topological polar surface area (TPSA) is 105 Å². The quantitative estimate of drug-likeness (QED) is 0.409. The second kappa shape index (κ2) is 12.7. The molecule has 1 aliphatic heterocycles. The third kappa shape index (κ3) is 6.80. The monoisotopic (exact) mass is 571 g/mol. The fourth-order valence-electron chi connectivity index (χ4n) is 3.90. The number of benzene rings is 2. The van der Waals surface area contributed by atoms with Gasteiger partial charge in [0.1, 0.15) is 12.6 Å². The Hall–Kier alpha value is -2.69. The number of carbonyl (C=O) groups is 2. The van der Waals surface area contributed by atoms with E-state index in [2.05, 4.69) is 5.32 Å². The van der Waals surface area contributed by atoms with Crippen molar-refractivity contribution >= 4 is 50.7 Å². The van der Waals surface area contributed by atoms with E-state index in [9.17, 15) is 18.0 Å². The molecule has 0 bridgehead atoms. The third-order valence-corrected chi connectivity index (χ3v) is 8.40. The van der Waals surface area contributed by atoms with Crippen LogP contribution in [0.1, 0.15) is 39.2 Å². The number of amides is 2. The Labute approximate surface area is 227 Å². The summed E-state index contributed by atoms with van der Waals surface area (Å²) in [6, 6.07) is 8.76. The number of carbonyl (C=O) groups excluding carboxylic acids is 2. The van der Waals surface area contributed by atoms with Crippen LogP contribution in [-0.2, 0) is 26.2 Å². The minimum atomic E-state index is -3.88. The van der Waals surface area contributed by atoms with Gasteiger partial charge in [0.25, 0.3) is 0 Å². The van der Waals surface area contributed by atoms with E-state index >= 15 is 0 Å². The molecule has 3 rings (SSSR count). The summed E-state index contributed by atoms with van der Waals surface area (Å²) in [5, 5.41) is 3.50. The number of hydrogen-bond donors (Lipinski definition) is 1. The largest absolute Gasteiger partial charge is 0.454 e. The maximum atomic E-state index is 13.8. The van der Waals surface area contributed by atoms with Gasteiger partial charge < -0.3 is 19.7 Å². The van der Waals surface area contributed by atoms with Gasteiger partial charge in [-0.25, -0.2) is 8.42 Å². The van der Waals surface area contributed by atoms with Crippen molar-refractivity contribution in [3.8, 4) is 11.5 Å². The molecule has 1 heterocycles. The smallest absolute Gasteiger partial charge is 0.244 e. The van der Waals surface area contributed by atoms with Crippen LogP contribution in [0.15, 0.2) is 36.4 Å². The summed E-state index contributed by atoms with van der Waals surface area (Å²) in [4.78, 5) is 28.2. The number of halogens is 2. The molecule has 0 radical (unpaired) electrons. The normalized spacial score (nSPS) is 13.2. The molecule has 0 spiro atoms. The zero-order valence-electron chi connectivity index (χ0n) is 21.0. The maximum Gasteiger partial charge on any atom is 0.244 e. The SMILES string of the molecule is CCCNC(=O)[C@@H](CC)N(Cc1c(Cl)cccc1Cl)C(=O)CN(c1ccc2c(c1)OCO2)S(=O)(=O)CC. The van der Waals surface area contributed by atoms with Gasteiger partial charge in [-0.15, -0.1) is 0 Å². The molecule has 1 aliphatic rings. The highest BCUT2D eigenvalue weighted by molar-refractivity contribution is 7.92. The van der Waals surface area contributed by atoms with Crippen LogP contribution in [0.5, 0.6) is 11.5 Å². The highest BCUT2D eigenvalue weighted by Crippen LogP contribution is 2.36. The van der Waals surface area contributed by atoms with E-state index in [0.29, 0.717) is 40.1 Å². The van der Waals surface area contributed by atoms with E-state index in [-0.39, 0.29) is 30.7 Å². The van der Waals surface area contributed by atoms with E-state index < -0.39 is 28.5 Å². The number of rotatable bonds is 12. The van der Waals surface area contributed by atoms with Crippen LogP contribution in [0.4, 0.5) is 5.69 Å². The van der Waals surface area contributed by atoms with Crippen LogP contribution in [0.25, 0.3) is 0 Å². The van der Waals surface area contributed by atoms with Gasteiger partial charge in [-0.1, -0.05) is 43.1 Å². The summed E-state index contributed by atoms with van der Waals surface area (Å²) in [5.74, 6) is -0.291. The van der Waals surface area contributed by atoms with Gasteiger partial charge in [-0.2, -0.15) is 0 Å². The average molecular weight is 573 g/mol. The Bertz CT molecular complexity index is 1220. The second-order valence-corrected chi connectivity index (χ2v) is 11.4. The average Bonchev–Trinajstić information content (AvgIpc) is 3.35. The van der Waals surface area contributed by atoms with Gasteiger partial charge in [0.2, 0.25) is 28.6 Å². The lowest BCUT2D eigenvalue weighted by Gasteiger charge is -2.33. The van der Waals surface area contributed by atoms with Crippen LogP contribution in [0, 0.1) is 0 Å². The lowest BCUT2D eigenvalue weighted by atomic mass is 10.1. The molecule has 0 unspecified atom stereocenters. The van der Waals surface area contributed by atoms with E-state index in [0.717, 1.165) is 10.7 Å². The first-order valence-corrected chi connectivity index (χ1v) is 14.4. The van der Waals surface area contributed by atoms with Crippen molar-refractivity contribution in [3.05, 3.63) is 52.0 Å². The number of fused-ring (bicyclic) bond motifs is 1. The van der Waals surface area contributed by atoms with Crippen molar-refractivity contribution in [1.29, 1.82) is 0 Å². The second-order valence-electron chi connectivity index (χ2n) is 8.38. The van der Waals surface area contributed by atoms with E-state index in [1.807, 2.05) is 6.92 Å². The Morgan fingerprint density at radius 1 is 1.05 bits per heavy atom. The molecule has 0 aromatic heterocycles. The molecule has 12 heteroatoms. The Balaban J connectivity index is 2.00. The summed E-state index contributed by atoms with van der Waals surface area (Å²) >= 11 is 12.8. The number of nitrogens with one attached hydrogen (secondary N) is 1.